The number of hydrogen-bond donors (Lipinski definition) is 1. The molecule has 2 aromatic rings. The van der Waals surface area contributed by atoms with Crippen molar-refractivity contribution in [1.29, 1.82) is 5.26 Å². The van der Waals surface area contributed by atoms with E-state index in [1.54, 1.807) is 6.07 Å². The van der Waals surface area contributed by atoms with Crippen molar-refractivity contribution in [2.24, 2.45) is 0 Å². The van der Waals surface area contributed by atoms with Gasteiger partial charge in [0.15, 0.2) is 0 Å². The van der Waals surface area contributed by atoms with E-state index in [0.717, 1.165) is 10.1 Å². The summed E-state index contributed by atoms with van der Waals surface area (Å²) in [6.07, 6.45) is 0. The zero-order chi connectivity index (χ0) is 9.42. The third kappa shape index (κ3) is 1.15. The highest BCUT2D eigenvalue weighted by molar-refractivity contribution is 7.17. The Hall–Kier alpha value is -1.24. The van der Waals surface area contributed by atoms with Gasteiger partial charge in [0.05, 0.1) is 10.3 Å². The molecular weight excluding hydrogens is 206 g/mol. The maximum atomic E-state index is 9.37. The van der Waals surface area contributed by atoms with Gasteiger partial charge in [0.1, 0.15) is 16.8 Å². The summed E-state index contributed by atoms with van der Waals surface area (Å²) in [6.45, 7) is 0. The Balaban J connectivity index is 2.98. The first-order valence-electron chi connectivity index (χ1n) is 3.53. The van der Waals surface area contributed by atoms with Crippen molar-refractivity contribution >= 4 is 33.0 Å². The summed E-state index contributed by atoms with van der Waals surface area (Å²) in [5.41, 5.74) is 0.353. The predicted octanol–water partition coefficient (Wildman–Crippen LogP) is 3.13. The molecule has 0 aliphatic carbocycles. The lowest BCUT2D eigenvalue weighted by Gasteiger charge is -1.99. The number of rotatable bonds is 0. The number of nitriles is 1. The summed E-state index contributed by atoms with van der Waals surface area (Å²) < 4.78 is 0.824. The van der Waals surface area contributed by atoms with Crippen molar-refractivity contribution in [3.63, 3.8) is 0 Å². The summed E-state index contributed by atoms with van der Waals surface area (Å²) >= 11 is 7.21. The number of phenolic OH excluding ortho intramolecular Hbond substituents is 1. The second-order valence-corrected chi connectivity index (χ2v) is 3.83. The number of phenols is 1. The molecule has 0 unspecified atom stereocenters. The molecule has 1 aromatic heterocycles. The number of hydrogen-bond acceptors (Lipinski definition) is 3. The molecule has 64 valence electrons. The van der Waals surface area contributed by atoms with Crippen molar-refractivity contribution in [3.8, 4) is 11.8 Å². The molecule has 1 heterocycles. The van der Waals surface area contributed by atoms with Crippen LogP contribution in [0.4, 0.5) is 0 Å². The highest BCUT2D eigenvalue weighted by Gasteiger charge is 2.11. The van der Waals surface area contributed by atoms with E-state index in [1.807, 2.05) is 17.5 Å². The van der Waals surface area contributed by atoms with E-state index in [2.05, 4.69) is 0 Å². The number of thiophene rings is 1. The minimum Gasteiger partial charge on any atom is -0.506 e. The number of aromatic hydroxyl groups is 1. The fourth-order valence-electron chi connectivity index (χ4n) is 1.17. The molecule has 2 nitrogen and oxygen atoms in total. The molecule has 0 amide bonds. The Morgan fingerprint density at radius 3 is 3.00 bits per heavy atom. The Morgan fingerprint density at radius 2 is 2.31 bits per heavy atom. The lowest BCUT2D eigenvalue weighted by atomic mass is 10.1. The van der Waals surface area contributed by atoms with Gasteiger partial charge in [-0.15, -0.1) is 11.3 Å². The lowest BCUT2D eigenvalue weighted by molar-refractivity contribution is 0.476. The fraction of sp³-hybridized carbons (Fsp3) is 0. The first kappa shape index (κ1) is 8.36. The van der Waals surface area contributed by atoms with Crippen molar-refractivity contribution in [3.05, 3.63) is 28.1 Å². The van der Waals surface area contributed by atoms with E-state index in [9.17, 15) is 5.11 Å². The van der Waals surface area contributed by atoms with Crippen molar-refractivity contribution < 1.29 is 5.11 Å². The molecule has 0 bridgehead atoms. The maximum Gasteiger partial charge on any atom is 0.136 e. The van der Waals surface area contributed by atoms with E-state index in [-0.39, 0.29) is 10.8 Å². The standard InChI is InChI=1S/C9H4ClNOS/c10-8-6(4-11)9-5(1-2-13-9)3-7(8)12/h1-3,12H. The van der Waals surface area contributed by atoms with Gasteiger partial charge in [0.2, 0.25) is 0 Å². The van der Waals surface area contributed by atoms with Crippen molar-refractivity contribution in [2.45, 2.75) is 0 Å². The van der Waals surface area contributed by atoms with Gasteiger partial charge in [-0.2, -0.15) is 5.26 Å². The van der Waals surface area contributed by atoms with Crippen LogP contribution in [-0.4, -0.2) is 5.11 Å². The van der Waals surface area contributed by atoms with Crippen LogP contribution < -0.4 is 0 Å². The summed E-state index contributed by atoms with van der Waals surface area (Å²) in [7, 11) is 0. The Bertz CT molecular complexity index is 512. The molecule has 0 aliphatic rings. The van der Waals surface area contributed by atoms with Gasteiger partial charge in [-0.1, -0.05) is 11.6 Å². The molecule has 1 aromatic carbocycles. The van der Waals surface area contributed by atoms with Crippen LogP contribution in [0.15, 0.2) is 17.5 Å². The fourth-order valence-corrected chi connectivity index (χ4v) is 2.30. The molecular formula is C9H4ClNOS. The van der Waals surface area contributed by atoms with E-state index in [1.165, 1.54) is 11.3 Å². The monoisotopic (exact) mass is 209 g/mol. The molecule has 0 fully saturated rings. The third-order valence-corrected chi connectivity index (χ3v) is 3.10. The summed E-state index contributed by atoms with van der Waals surface area (Å²) in [4.78, 5) is 0. The van der Waals surface area contributed by atoms with E-state index in [0.29, 0.717) is 5.56 Å². The average molecular weight is 210 g/mol. The molecule has 1 N–H and O–H groups in total. The Kier molecular flexibility index (Phi) is 1.87. The highest BCUT2D eigenvalue weighted by atomic mass is 35.5. The summed E-state index contributed by atoms with van der Waals surface area (Å²) in [5, 5.41) is 21.0. The minimum atomic E-state index is -0.0379. The zero-order valence-corrected chi connectivity index (χ0v) is 7.99. The third-order valence-electron chi connectivity index (χ3n) is 1.77. The Labute approximate surface area is 83.6 Å². The summed E-state index contributed by atoms with van der Waals surface area (Å²) in [5.74, 6) is -0.0379. The van der Waals surface area contributed by atoms with Gasteiger partial charge in [0, 0.05) is 0 Å². The molecule has 0 saturated heterocycles. The van der Waals surface area contributed by atoms with Crippen LogP contribution >= 0.6 is 22.9 Å². The minimum absolute atomic E-state index is 0.0379. The first-order chi connectivity index (χ1) is 6.24. The maximum absolute atomic E-state index is 9.37. The molecule has 4 heteroatoms. The molecule has 0 atom stereocenters. The smallest absolute Gasteiger partial charge is 0.136 e. The van der Waals surface area contributed by atoms with Crippen LogP contribution in [0.5, 0.6) is 5.75 Å². The SMILES string of the molecule is N#Cc1c(Cl)c(O)cc2ccsc12. The van der Waals surface area contributed by atoms with Gasteiger partial charge >= 0.3 is 0 Å². The normalized spacial score (nSPS) is 10.2. The zero-order valence-electron chi connectivity index (χ0n) is 6.41. The molecule has 0 saturated carbocycles. The largest absolute Gasteiger partial charge is 0.506 e. The van der Waals surface area contributed by atoms with E-state index in [4.69, 9.17) is 16.9 Å². The van der Waals surface area contributed by atoms with Crippen molar-refractivity contribution in [2.75, 3.05) is 0 Å². The van der Waals surface area contributed by atoms with Crippen LogP contribution in [0.25, 0.3) is 10.1 Å². The van der Waals surface area contributed by atoms with Gasteiger partial charge in [-0.3, -0.25) is 0 Å². The van der Waals surface area contributed by atoms with Gasteiger partial charge < -0.3 is 5.11 Å². The number of fused-ring (bicyclic) bond motifs is 1. The number of benzene rings is 1. The second-order valence-electron chi connectivity index (χ2n) is 2.54. The van der Waals surface area contributed by atoms with Crippen molar-refractivity contribution in [1.82, 2.24) is 0 Å². The molecule has 13 heavy (non-hydrogen) atoms. The number of halogens is 1. The van der Waals surface area contributed by atoms with E-state index >= 15 is 0 Å². The van der Waals surface area contributed by atoms with Gasteiger partial charge in [-0.05, 0) is 22.9 Å². The quantitative estimate of drug-likeness (QED) is 0.725. The molecule has 2 rings (SSSR count). The lowest BCUT2D eigenvalue weighted by Crippen LogP contribution is -1.78. The molecule has 0 spiro atoms. The second kappa shape index (κ2) is 2.91. The molecule has 0 aliphatic heterocycles. The van der Waals surface area contributed by atoms with Gasteiger partial charge in [0.25, 0.3) is 0 Å². The average Bonchev–Trinajstić information content (AvgIpc) is 2.54. The van der Waals surface area contributed by atoms with Crippen LogP contribution in [0, 0.1) is 11.3 Å². The van der Waals surface area contributed by atoms with Gasteiger partial charge in [-0.25, -0.2) is 0 Å². The van der Waals surface area contributed by atoms with Crippen LogP contribution in [0.2, 0.25) is 5.02 Å². The number of nitrogens with zero attached hydrogens (tertiary/aromatic N) is 1. The van der Waals surface area contributed by atoms with E-state index < -0.39 is 0 Å². The van der Waals surface area contributed by atoms with Crippen LogP contribution in [-0.2, 0) is 0 Å². The Morgan fingerprint density at radius 1 is 1.54 bits per heavy atom. The highest BCUT2D eigenvalue weighted by Crippen LogP contribution is 2.36. The summed E-state index contributed by atoms with van der Waals surface area (Å²) in [6, 6.07) is 5.39. The van der Waals surface area contributed by atoms with Crippen LogP contribution in [0.3, 0.4) is 0 Å². The first-order valence-corrected chi connectivity index (χ1v) is 4.78. The predicted molar refractivity (Wildman–Crippen MR) is 53.2 cm³/mol. The topological polar surface area (TPSA) is 44.0 Å². The molecule has 0 radical (unpaired) electrons. The van der Waals surface area contributed by atoms with Crippen LogP contribution in [0.1, 0.15) is 5.56 Å².